The van der Waals surface area contributed by atoms with E-state index < -0.39 is 0 Å². The van der Waals surface area contributed by atoms with Gasteiger partial charge in [0, 0.05) is 31.6 Å². The van der Waals surface area contributed by atoms with E-state index in [0.717, 1.165) is 56.5 Å². The van der Waals surface area contributed by atoms with Crippen LogP contribution in [0.1, 0.15) is 36.3 Å². The molecule has 0 atom stereocenters. The molecule has 0 saturated carbocycles. The highest BCUT2D eigenvalue weighted by molar-refractivity contribution is 14.0. The van der Waals surface area contributed by atoms with Crippen LogP contribution < -0.4 is 5.32 Å². The summed E-state index contributed by atoms with van der Waals surface area (Å²) in [4.78, 5) is 20.4. The number of nitrogens with one attached hydrogen (secondary N) is 1. The fourth-order valence-corrected chi connectivity index (χ4v) is 4.05. The molecule has 0 bridgehead atoms. The molecule has 0 aromatic carbocycles. The minimum Gasteiger partial charge on any atom is -0.466 e. The molecule has 2 aromatic heterocycles. The van der Waals surface area contributed by atoms with E-state index in [-0.39, 0.29) is 35.9 Å². The maximum atomic E-state index is 12.0. The molecule has 0 amide bonds. The van der Waals surface area contributed by atoms with Crippen molar-refractivity contribution in [2.75, 3.05) is 26.2 Å². The first-order valence-electron chi connectivity index (χ1n) is 10.2. The van der Waals surface area contributed by atoms with Gasteiger partial charge in [0.2, 0.25) is 0 Å². The van der Waals surface area contributed by atoms with Crippen molar-refractivity contribution in [2.45, 2.75) is 39.7 Å². The maximum absolute atomic E-state index is 12.0. The van der Waals surface area contributed by atoms with E-state index in [1.54, 1.807) is 11.3 Å². The largest absolute Gasteiger partial charge is 0.466 e. The average Bonchev–Trinajstić information content (AvgIpc) is 3.36. The number of rotatable bonds is 7. The molecule has 0 radical (unpaired) electrons. The number of ether oxygens (including phenoxy) is 1. The summed E-state index contributed by atoms with van der Waals surface area (Å²) in [7, 11) is 1.95. The van der Waals surface area contributed by atoms with Crippen LogP contribution in [0.4, 0.5) is 0 Å². The monoisotopic (exact) mass is 546 g/mol. The van der Waals surface area contributed by atoms with E-state index in [9.17, 15) is 4.79 Å². The molecule has 30 heavy (non-hydrogen) atoms. The smallest absolute Gasteiger partial charge is 0.309 e. The Kier molecular flexibility index (Phi) is 10.0. The van der Waals surface area contributed by atoms with Crippen LogP contribution in [0.3, 0.4) is 0 Å². The standard InChI is InChI=1S/C20H30N6O2S.HI/c1-4-28-19(27)16-8-11-26(12-9-16)20(21-10-7-17-6-5-13-29-17)22-14-18-24-23-15(2)25(18)3;/h5-6,13,16H,4,7-12,14H2,1-3H3,(H,21,22);1H. The number of hydrogen-bond acceptors (Lipinski definition) is 6. The third-order valence-electron chi connectivity index (χ3n) is 5.20. The van der Waals surface area contributed by atoms with Gasteiger partial charge in [0.25, 0.3) is 0 Å². The normalized spacial score (nSPS) is 15.0. The van der Waals surface area contributed by atoms with Crippen molar-refractivity contribution < 1.29 is 9.53 Å². The Hall–Kier alpha value is -1.69. The number of carbonyl (C=O) groups is 1. The number of carbonyl (C=O) groups excluding carboxylic acids is 1. The zero-order valence-electron chi connectivity index (χ0n) is 17.8. The van der Waals surface area contributed by atoms with Crippen molar-refractivity contribution in [3.63, 3.8) is 0 Å². The Morgan fingerprint density at radius 1 is 1.37 bits per heavy atom. The number of aliphatic imine (C=N–C) groups is 1. The fraction of sp³-hybridized carbons (Fsp3) is 0.600. The quantitative estimate of drug-likeness (QED) is 0.249. The number of guanidine groups is 1. The third-order valence-corrected chi connectivity index (χ3v) is 6.14. The molecule has 0 aliphatic carbocycles. The first kappa shape index (κ1) is 24.6. The first-order valence-corrected chi connectivity index (χ1v) is 11.0. The lowest BCUT2D eigenvalue weighted by Crippen LogP contribution is -2.47. The van der Waals surface area contributed by atoms with Crippen molar-refractivity contribution >= 4 is 47.2 Å². The SMILES string of the molecule is CCOC(=O)C1CCN(C(=NCc2nnc(C)n2C)NCCc2cccs2)CC1.I. The lowest BCUT2D eigenvalue weighted by Gasteiger charge is -2.33. The number of hydrogen-bond donors (Lipinski definition) is 1. The zero-order valence-corrected chi connectivity index (χ0v) is 21.0. The van der Waals surface area contributed by atoms with Gasteiger partial charge in [0.15, 0.2) is 11.8 Å². The Bertz CT molecular complexity index is 815. The summed E-state index contributed by atoms with van der Waals surface area (Å²) in [6.45, 7) is 7.07. The number of esters is 1. The second-order valence-electron chi connectivity index (χ2n) is 7.13. The van der Waals surface area contributed by atoms with Crippen molar-refractivity contribution in [3.05, 3.63) is 34.0 Å². The van der Waals surface area contributed by atoms with Crippen LogP contribution in [0.5, 0.6) is 0 Å². The van der Waals surface area contributed by atoms with Crippen LogP contribution >= 0.6 is 35.3 Å². The highest BCUT2D eigenvalue weighted by atomic mass is 127. The molecule has 0 spiro atoms. The lowest BCUT2D eigenvalue weighted by molar-refractivity contribution is -0.149. The van der Waals surface area contributed by atoms with Gasteiger partial charge >= 0.3 is 5.97 Å². The minimum absolute atomic E-state index is 0. The van der Waals surface area contributed by atoms with Crippen LogP contribution in [0.15, 0.2) is 22.5 Å². The molecule has 1 N–H and O–H groups in total. The van der Waals surface area contributed by atoms with E-state index in [2.05, 4.69) is 37.9 Å². The van der Waals surface area contributed by atoms with Crippen molar-refractivity contribution in [1.29, 1.82) is 0 Å². The lowest BCUT2D eigenvalue weighted by atomic mass is 9.97. The summed E-state index contributed by atoms with van der Waals surface area (Å²) < 4.78 is 7.14. The maximum Gasteiger partial charge on any atom is 0.309 e. The molecule has 8 nitrogen and oxygen atoms in total. The van der Waals surface area contributed by atoms with Gasteiger partial charge in [0.1, 0.15) is 12.4 Å². The summed E-state index contributed by atoms with van der Waals surface area (Å²) in [6.07, 6.45) is 2.53. The van der Waals surface area contributed by atoms with E-state index >= 15 is 0 Å². The van der Waals surface area contributed by atoms with E-state index in [1.165, 1.54) is 4.88 Å². The highest BCUT2D eigenvalue weighted by Gasteiger charge is 2.27. The Labute approximate surface area is 199 Å². The summed E-state index contributed by atoms with van der Waals surface area (Å²) in [6, 6.07) is 4.22. The molecule has 166 valence electrons. The summed E-state index contributed by atoms with van der Waals surface area (Å²) in [5, 5.41) is 13.9. The van der Waals surface area contributed by atoms with Crippen molar-refractivity contribution in [2.24, 2.45) is 18.0 Å². The molecule has 3 rings (SSSR count). The van der Waals surface area contributed by atoms with E-state index in [0.29, 0.717) is 13.2 Å². The molecule has 3 heterocycles. The molecule has 1 aliphatic heterocycles. The molecule has 2 aromatic rings. The van der Waals surface area contributed by atoms with E-state index in [4.69, 9.17) is 9.73 Å². The van der Waals surface area contributed by atoms with Gasteiger partial charge in [-0.2, -0.15) is 0 Å². The van der Waals surface area contributed by atoms with E-state index in [1.807, 2.05) is 25.5 Å². The van der Waals surface area contributed by atoms with Gasteiger partial charge in [-0.1, -0.05) is 6.07 Å². The number of aromatic nitrogens is 3. The zero-order chi connectivity index (χ0) is 20.6. The predicted octanol–water partition coefficient (Wildman–Crippen LogP) is 2.77. The third kappa shape index (κ3) is 6.66. The second kappa shape index (κ2) is 12.2. The number of halogens is 1. The highest BCUT2D eigenvalue weighted by Crippen LogP contribution is 2.19. The van der Waals surface area contributed by atoms with Gasteiger partial charge in [0.05, 0.1) is 12.5 Å². The predicted molar refractivity (Wildman–Crippen MR) is 129 cm³/mol. The van der Waals surface area contributed by atoms with Crippen molar-refractivity contribution in [3.8, 4) is 0 Å². The number of piperidine rings is 1. The molecule has 1 saturated heterocycles. The van der Waals surface area contributed by atoms with Gasteiger partial charge in [-0.05, 0) is 44.6 Å². The molecule has 10 heteroatoms. The fourth-order valence-electron chi connectivity index (χ4n) is 3.34. The molecular formula is C20H31IN6O2S. The van der Waals surface area contributed by atoms with Crippen LogP contribution in [0.25, 0.3) is 0 Å². The first-order chi connectivity index (χ1) is 14.1. The Morgan fingerprint density at radius 3 is 2.73 bits per heavy atom. The summed E-state index contributed by atoms with van der Waals surface area (Å²) in [5.41, 5.74) is 0. The molecule has 0 unspecified atom stereocenters. The minimum atomic E-state index is -0.0779. The van der Waals surface area contributed by atoms with Gasteiger partial charge in [-0.15, -0.1) is 45.5 Å². The van der Waals surface area contributed by atoms with Crippen LogP contribution in [0, 0.1) is 12.8 Å². The Balaban J connectivity index is 0.00000320. The van der Waals surface area contributed by atoms with Gasteiger partial charge < -0.3 is 19.5 Å². The molecular weight excluding hydrogens is 515 g/mol. The second-order valence-corrected chi connectivity index (χ2v) is 8.16. The van der Waals surface area contributed by atoms with Gasteiger partial charge in [-0.25, -0.2) is 4.99 Å². The summed E-state index contributed by atoms with van der Waals surface area (Å²) >= 11 is 1.77. The molecule has 1 aliphatic rings. The van der Waals surface area contributed by atoms with Crippen molar-refractivity contribution in [1.82, 2.24) is 25.0 Å². The topological polar surface area (TPSA) is 84.6 Å². The van der Waals surface area contributed by atoms with Crippen LogP contribution in [0.2, 0.25) is 0 Å². The van der Waals surface area contributed by atoms with Crippen LogP contribution in [-0.2, 0) is 29.5 Å². The van der Waals surface area contributed by atoms with Gasteiger partial charge in [-0.3, -0.25) is 4.79 Å². The molecule has 1 fully saturated rings. The van der Waals surface area contributed by atoms with Crippen LogP contribution in [-0.4, -0.2) is 57.8 Å². The Morgan fingerprint density at radius 2 is 2.13 bits per heavy atom. The number of likely N-dealkylation sites (tertiary alicyclic amines) is 1. The number of nitrogens with zero attached hydrogens (tertiary/aromatic N) is 5. The number of thiophene rings is 1. The summed E-state index contributed by atoms with van der Waals surface area (Å²) in [5.74, 6) is 2.48. The average molecular weight is 546 g/mol. The number of aryl methyl sites for hydroxylation is 1.